The monoisotopic (exact) mass is 282 g/mol. The second-order valence-corrected chi connectivity index (χ2v) is 6.08. The maximum Gasteiger partial charge on any atom is 0.282 e. The number of rotatable bonds is 5. The van der Waals surface area contributed by atoms with Gasteiger partial charge in [-0.3, -0.25) is 4.79 Å². The lowest BCUT2D eigenvalue weighted by Crippen LogP contribution is -2.38. The lowest BCUT2D eigenvalue weighted by molar-refractivity contribution is 0.0918. The van der Waals surface area contributed by atoms with Crippen LogP contribution in [0.5, 0.6) is 0 Å². The van der Waals surface area contributed by atoms with Crippen molar-refractivity contribution < 1.29 is 4.79 Å². The molecule has 6 heteroatoms. The molecule has 2 rings (SSSR count). The first-order valence-electron chi connectivity index (χ1n) is 7.09. The normalized spacial score (nSPS) is 18.0. The highest BCUT2D eigenvalue weighted by atomic mass is 32.1. The van der Waals surface area contributed by atoms with Crippen LogP contribution in [0.1, 0.15) is 55.8 Å². The highest BCUT2D eigenvalue weighted by Gasteiger charge is 2.23. The fourth-order valence-electron chi connectivity index (χ4n) is 2.56. The molecule has 106 valence electrons. The zero-order valence-corrected chi connectivity index (χ0v) is 12.4. The number of carbonyl (C=O) groups excluding carboxylic acids is 1. The first kappa shape index (κ1) is 14.2. The molecule has 1 aromatic heterocycles. The van der Waals surface area contributed by atoms with Gasteiger partial charge in [0.15, 0.2) is 0 Å². The van der Waals surface area contributed by atoms with Gasteiger partial charge in [0.05, 0.1) is 0 Å². The molecule has 0 spiro atoms. The molecule has 1 unspecified atom stereocenters. The van der Waals surface area contributed by atoms with Gasteiger partial charge < -0.3 is 10.6 Å². The van der Waals surface area contributed by atoms with E-state index in [4.69, 9.17) is 0 Å². The number of carbonyl (C=O) groups is 1. The van der Waals surface area contributed by atoms with Crippen molar-refractivity contribution in [3.63, 3.8) is 0 Å². The van der Waals surface area contributed by atoms with Crippen molar-refractivity contribution >= 4 is 22.4 Å². The summed E-state index contributed by atoms with van der Waals surface area (Å²) in [6, 6.07) is 0.222. The van der Waals surface area contributed by atoms with Gasteiger partial charge in [0.1, 0.15) is 0 Å². The Morgan fingerprint density at radius 2 is 2.11 bits per heavy atom. The summed E-state index contributed by atoms with van der Waals surface area (Å²) in [6.45, 7) is 4.88. The molecule has 1 heterocycles. The minimum atomic E-state index is -0.0975. The van der Waals surface area contributed by atoms with Gasteiger partial charge >= 0.3 is 0 Å². The quantitative estimate of drug-likeness (QED) is 0.871. The molecule has 2 N–H and O–H groups in total. The van der Waals surface area contributed by atoms with Gasteiger partial charge in [-0.2, -0.15) is 0 Å². The first-order chi connectivity index (χ1) is 9.20. The number of anilines is 1. The Kier molecular flexibility index (Phi) is 5.13. The van der Waals surface area contributed by atoms with E-state index in [2.05, 4.69) is 27.8 Å². The number of nitrogens with zero attached hydrogens (tertiary/aromatic N) is 2. The molecule has 5 nitrogen and oxygen atoms in total. The fraction of sp³-hybridized carbons (Fsp3) is 0.769. The number of hydrogen-bond donors (Lipinski definition) is 2. The van der Waals surface area contributed by atoms with E-state index in [0.29, 0.717) is 16.1 Å². The van der Waals surface area contributed by atoms with Crippen LogP contribution < -0.4 is 10.6 Å². The predicted molar refractivity (Wildman–Crippen MR) is 77.6 cm³/mol. The zero-order chi connectivity index (χ0) is 13.7. The molecule has 19 heavy (non-hydrogen) atoms. The highest BCUT2D eigenvalue weighted by molar-refractivity contribution is 7.17. The van der Waals surface area contributed by atoms with Gasteiger partial charge in [0.2, 0.25) is 10.1 Å². The SMILES string of the molecule is CCNc1nnc(C(=O)NC(C)C2CCCCC2)s1. The van der Waals surface area contributed by atoms with Gasteiger partial charge in [0, 0.05) is 12.6 Å². The van der Waals surface area contributed by atoms with Crippen LogP contribution in [0.4, 0.5) is 5.13 Å². The third-order valence-corrected chi connectivity index (χ3v) is 4.54. The van der Waals surface area contributed by atoms with Crippen molar-refractivity contribution in [2.75, 3.05) is 11.9 Å². The number of amides is 1. The summed E-state index contributed by atoms with van der Waals surface area (Å²) in [7, 11) is 0. The Bertz CT molecular complexity index is 415. The van der Waals surface area contributed by atoms with Gasteiger partial charge in [0.25, 0.3) is 5.91 Å². The molecule has 0 radical (unpaired) electrons. The Morgan fingerprint density at radius 3 is 2.79 bits per heavy atom. The van der Waals surface area contributed by atoms with E-state index in [1.807, 2.05) is 6.92 Å². The average molecular weight is 282 g/mol. The van der Waals surface area contributed by atoms with Crippen LogP contribution >= 0.6 is 11.3 Å². The van der Waals surface area contributed by atoms with E-state index >= 15 is 0 Å². The van der Waals surface area contributed by atoms with Crippen LogP contribution in [0, 0.1) is 5.92 Å². The number of nitrogens with one attached hydrogen (secondary N) is 2. The molecule has 0 bridgehead atoms. The highest BCUT2D eigenvalue weighted by Crippen LogP contribution is 2.26. The summed E-state index contributed by atoms with van der Waals surface area (Å²) in [6.07, 6.45) is 6.35. The summed E-state index contributed by atoms with van der Waals surface area (Å²) in [5.74, 6) is 0.513. The first-order valence-corrected chi connectivity index (χ1v) is 7.90. The van der Waals surface area contributed by atoms with Gasteiger partial charge in [-0.1, -0.05) is 30.6 Å². The smallest absolute Gasteiger partial charge is 0.282 e. The van der Waals surface area contributed by atoms with Crippen LogP contribution in [0.15, 0.2) is 0 Å². The summed E-state index contributed by atoms with van der Waals surface area (Å²) >= 11 is 1.31. The van der Waals surface area contributed by atoms with E-state index in [0.717, 1.165) is 6.54 Å². The van der Waals surface area contributed by atoms with Crippen molar-refractivity contribution in [2.45, 2.75) is 52.0 Å². The Balaban J connectivity index is 1.88. The molecule has 1 aromatic rings. The second kappa shape index (κ2) is 6.84. The molecule has 1 aliphatic carbocycles. The van der Waals surface area contributed by atoms with E-state index in [1.54, 1.807) is 0 Å². The van der Waals surface area contributed by atoms with E-state index < -0.39 is 0 Å². The Morgan fingerprint density at radius 1 is 1.37 bits per heavy atom. The zero-order valence-electron chi connectivity index (χ0n) is 11.6. The molecule has 1 saturated carbocycles. The van der Waals surface area contributed by atoms with E-state index in [9.17, 15) is 4.79 Å². The Labute approximate surface area is 118 Å². The Hall–Kier alpha value is -1.17. The largest absolute Gasteiger partial charge is 0.360 e. The predicted octanol–water partition coefficient (Wildman–Crippen LogP) is 2.67. The van der Waals surface area contributed by atoms with E-state index in [1.165, 1.54) is 43.4 Å². The third kappa shape index (κ3) is 3.89. The summed E-state index contributed by atoms with van der Waals surface area (Å²) < 4.78 is 0. The van der Waals surface area contributed by atoms with E-state index in [-0.39, 0.29) is 11.9 Å². The summed E-state index contributed by atoms with van der Waals surface area (Å²) in [5, 5.41) is 15.1. The van der Waals surface area contributed by atoms with Gasteiger partial charge in [-0.25, -0.2) is 0 Å². The van der Waals surface area contributed by atoms with Crippen molar-refractivity contribution in [1.82, 2.24) is 15.5 Å². The molecule has 0 saturated heterocycles. The van der Waals surface area contributed by atoms with Crippen LogP contribution in [0.2, 0.25) is 0 Å². The molecule has 1 amide bonds. The minimum absolute atomic E-state index is 0.0975. The molecular weight excluding hydrogens is 260 g/mol. The molecule has 1 atom stereocenters. The van der Waals surface area contributed by atoms with Crippen molar-refractivity contribution in [1.29, 1.82) is 0 Å². The lowest BCUT2D eigenvalue weighted by atomic mass is 9.84. The summed E-state index contributed by atoms with van der Waals surface area (Å²) in [5.41, 5.74) is 0. The van der Waals surface area contributed by atoms with Crippen molar-refractivity contribution in [2.24, 2.45) is 5.92 Å². The summed E-state index contributed by atoms with van der Waals surface area (Å²) in [4.78, 5) is 12.1. The third-order valence-electron chi connectivity index (χ3n) is 3.66. The van der Waals surface area contributed by atoms with Gasteiger partial charge in [-0.05, 0) is 32.6 Å². The number of aromatic nitrogens is 2. The minimum Gasteiger partial charge on any atom is -0.360 e. The lowest BCUT2D eigenvalue weighted by Gasteiger charge is -2.27. The topological polar surface area (TPSA) is 66.9 Å². The van der Waals surface area contributed by atoms with Gasteiger partial charge in [-0.15, -0.1) is 10.2 Å². The van der Waals surface area contributed by atoms with Crippen LogP contribution in [-0.4, -0.2) is 28.7 Å². The fourth-order valence-corrected chi connectivity index (χ4v) is 3.27. The maximum atomic E-state index is 12.1. The molecule has 0 aromatic carbocycles. The number of hydrogen-bond acceptors (Lipinski definition) is 5. The average Bonchev–Trinajstić information content (AvgIpc) is 2.89. The second-order valence-electron chi connectivity index (χ2n) is 5.10. The maximum absolute atomic E-state index is 12.1. The van der Waals surface area contributed by atoms with Crippen molar-refractivity contribution in [3.8, 4) is 0 Å². The van der Waals surface area contributed by atoms with Crippen LogP contribution in [-0.2, 0) is 0 Å². The molecule has 1 aliphatic rings. The molecule has 1 fully saturated rings. The van der Waals surface area contributed by atoms with Crippen LogP contribution in [0.3, 0.4) is 0 Å². The van der Waals surface area contributed by atoms with Crippen LogP contribution in [0.25, 0.3) is 0 Å². The van der Waals surface area contributed by atoms with Crippen molar-refractivity contribution in [3.05, 3.63) is 5.01 Å². The standard InChI is InChI=1S/C13H22N4OS/c1-3-14-13-17-16-12(19-13)11(18)15-9(2)10-7-5-4-6-8-10/h9-10H,3-8H2,1-2H3,(H,14,17)(H,15,18). The molecule has 0 aliphatic heterocycles. The molecular formula is C13H22N4OS.